The Kier molecular flexibility index (Phi) is 8.15. The molecule has 0 aromatic heterocycles. The third-order valence-corrected chi connectivity index (χ3v) is 6.30. The van der Waals surface area contributed by atoms with E-state index in [1.165, 1.54) is 4.90 Å². The summed E-state index contributed by atoms with van der Waals surface area (Å²) in [5.41, 5.74) is 6.98. The van der Waals surface area contributed by atoms with Gasteiger partial charge in [-0.15, -0.1) is 0 Å². The Morgan fingerprint density at radius 3 is 2.83 bits per heavy atom. The van der Waals surface area contributed by atoms with Crippen LogP contribution >= 0.6 is 0 Å². The number of fused-ring (bicyclic) bond motifs is 1. The first-order valence-corrected chi connectivity index (χ1v) is 11.1. The number of sulfone groups is 1. The van der Waals surface area contributed by atoms with Crippen molar-refractivity contribution in [3.63, 3.8) is 0 Å². The minimum atomic E-state index is -3.16. The van der Waals surface area contributed by atoms with Gasteiger partial charge in [0.15, 0.2) is 9.84 Å². The number of amides is 2. The molecule has 0 unspecified atom stereocenters. The second-order valence-electron chi connectivity index (χ2n) is 6.64. The fourth-order valence-electron chi connectivity index (χ4n) is 2.78. The second-order valence-corrected chi connectivity index (χ2v) is 9.11. The van der Waals surface area contributed by atoms with Crippen LogP contribution in [0, 0.1) is 0 Å². The van der Waals surface area contributed by atoms with Gasteiger partial charge in [0.25, 0.3) is 5.91 Å². The number of nitrogens with zero attached hydrogens (tertiary/aromatic N) is 1. The molecule has 160 valence electrons. The molecule has 0 bridgehead atoms. The van der Waals surface area contributed by atoms with E-state index in [1.807, 2.05) is 0 Å². The molecule has 1 aromatic carbocycles. The lowest BCUT2D eigenvalue weighted by molar-refractivity contribution is -0.121. The average molecular weight is 427 g/mol. The van der Waals surface area contributed by atoms with Crippen molar-refractivity contribution in [3.05, 3.63) is 41.2 Å². The lowest BCUT2D eigenvalue weighted by Gasteiger charge is -2.28. The Bertz CT molecular complexity index is 886. The summed E-state index contributed by atoms with van der Waals surface area (Å²) in [6.07, 6.45) is 0.959. The predicted molar refractivity (Wildman–Crippen MR) is 107 cm³/mol. The number of ether oxygens (including phenoxy) is 1. The Morgan fingerprint density at radius 1 is 1.41 bits per heavy atom. The topological polar surface area (TPSA) is 119 Å². The van der Waals surface area contributed by atoms with Crippen LogP contribution in [0.15, 0.2) is 30.1 Å². The molecule has 0 saturated carbocycles. The van der Waals surface area contributed by atoms with Crippen LogP contribution in [0.3, 0.4) is 0 Å². The Morgan fingerprint density at radius 2 is 2.17 bits per heavy atom. The molecular formula is C19H26FN3O5S. The fourth-order valence-corrected chi connectivity index (χ4v) is 3.49. The van der Waals surface area contributed by atoms with Gasteiger partial charge >= 0.3 is 0 Å². The maximum absolute atomic E-state index is 12.6. The molecule has 1 aliphatic heterocycles. The molecule has 2 rings (SSSR count). The van der Waals surface area contributed by atoms with Crippen molar-refractivity contribution in [1.29, 1.82) is 0 Å². The Balaban J connectivity index is 1.92. The van der Waals surface area contributed by atoms with Crippen LogP contribution in [-0.2, 0) is 21.1 Å². The summed E-state index contributed by atoms with van der Waals surface area (Å²) in [5, 5.41) is 2.53. The van der Waals surface area contributed by atoms with Crippen LogP contribution in [-0.4, -0.2) is 69.4 Å². The maximum atomic E-state index is 12.6. The first kappa shape index (κ1) is 22.8. The summed E-state index contributed by atoms with van der Waals surface area (Å²) in [7, 11) is -3.16. The summed E-state index contributed by atoms with van der Waals surface area (Å²) in [5.74, 6) is -0.278. The van der Waals surface area contributed by atoms with Crippen molar-refractivity contribution in [3.8, 4) is 5.75 Å². The van der Waals surface area contributed by atoms with Crippen molar-refractivity contribution in [2.45, 2.75) is 13.3 Å². The van der Waals surface area contributed by atoms with E-state index in [0.717, 1.165) is 5.56 Å². The van der Waals surface area contributed by atoms with Crippen molar-refractivity contribution in [2.24, 2.45) is 5.73 Å². The highest BCUT2D eigenvalue weighted by molar-refractivity contribution is 7.91. The van der Waals surface area contributed by atoms with Gasteiger partial charge in [-0.3, -0.25) is 9.59 Å². The molecule has 0 atom stereocenters. The van der Waals surface area contributed by atoms with Crippen molar-refractivity contribution in [2.75, 3.05) is 44.3 Å². The van der Waals surface area contributed by atoms with Gasteiger partial charge in [0, 0.05) is 36.5 Å². The number of benzene rings is 1. The van der Waals surface area contributed by atoms with E-state index in [2.05, 4.69) is 5.32 Å². The molecule has 29 heavy (non-hydrogen) atoms. The van der Waals surface area contributed by atoms with Gasteiger partial charge in [-0.2, -0.15) is 0 Å². The molecule has 0 spiro atoms. The zero-order chi connectivity index (χ0) is 21.4. The zero-order valence-corrected chi connectivity index (χ0v) is 17.1. The standard InChI is InChI=1S/C19H26FN3O5S/c1-2-29(26,27)8-6-22-18(24)12-23-7-5-15-9-16(3-4-17(15)19(23)25)28-13-14(10-20)11-21/h3-4,9-10H,2,5-8,11-13,21H2,1H3,(H,22,24)/b14-10+. The lowest BCUT2D eigenvalue weighted by Crippen LogP contribution is -2.45. The van der Waals surface area contributed by atoms with E-state index < -0.39 is 15.7 Å². The van der Waals surface area contributed by atoms with Gasteiger partial charge in [0.2, 0.25) is 5.91 Å². The predicted octanol–water partition coefficient (Wildman–Crippen LogP) is 0.427. The first-order chi connectivity index (χ1) is 13.8. The highest BCUT2D eigenvalue weighted by Crippen LogP contribution is 2.24. The molecule has 1 aliphatic rings. The number of hydrogen-bond acceptors (Lipinski definition) is 6. The summed E-state index contributed by atoms with van der Waals surface area (Å²) in [6, 6.07) is 4.96. The summed E-state index contributed by atoms with van der Waals surface area (Å²) >= 11 is 0. The molecule has 8 nitrogen and oxygen atoms in total. The molecule has 3 N–H and O–H groups in total. The average Bonchev–Trinajstić information content (AvgIpc) is 2.70. The van der Waals surface area contributed by atoms with Gasteiger partial charge in [-0.25, -0.2) is 12.8 Å². The van der Waals surface area contributed by atoms with Gasteiger partial charge in [0.05, 0.1) is 18.6 Å². The van der Waals surface area contributed by atoms with Gasteiger partial charge < -0.3 is 20.7 Å². The number of halogens is 1. The van der Waals surface area contributed by atoms with Crippen LogP contribution in [0.5, 0.6) is 5.75 Å². The minimum absolute atomic E-state index is 0.0203. The highest BCUT2D eigenvalue weighted by Gasteiger charge is 2.26. The molecule has 0 fully saturated rings. The van der Waals surface area contributed by atoms with E-state index in [1.54, 1.807) is 25.1 Å². The van der Waals surface area contributed by atoms with Crippen LogP contribution in [0.1, 0.15) is 22.8 Å². The molecule has 0 radical (unpaired) electrons. The largest absolute Gasteiger partial charge is 0.489 e. The van der Waals surface area contributed by atoms with Gasteiger partial charge in [-0.05, 0) is 30.2 Å². The third-order valence-electron chi connectivity index (χ3n) is 4.60. The Hall–Kier alpha value is -2.46. The molecule has 2 amide bonds. The third kappa shape index (κ3) is 6.53. The zero-order valence-electron chi connectivity index (χ0n) is 16.3. The molecule has 10 heteroatoms. The lowest BCUT2D eigenvalue weighted by atomic mass is 9.98. The Labute approximate surface area is 169 Å². The summed E-state index contributed by atoms with van der Waals surface area (Å²) in [4.78, 5) is 26.1. The van der Waals surface area contributed by atoms with Gasteiger partial charge in [-0.1, -0.05) is 6.92 Å². The monoisotopic (exact) mass is 427 g/mol. The molecule has 0 aliphatic carbocycles. The van der Waals surface area contributed by atoms with Crippen LogP contribution in [0.4, 0.5) is 4.39 Å². The van der Waals surface area contributed by atoms with E-state index in [-0.39, 0.29) is 43.7 Å². The van der Waals surface area contributed by atoms with Crippen LogP contribution < -0.4 is 15.8 Å². The van der Waals surface area contributed by atoms with Crippen LogP contribution in [0.2, 0.25) is 0 Å². The number of rotatable bonds is 10. The van der Waals surface area contributed by atoms with E-state index in [4.69, 9.17) is 10.5 Å². The van der Waals surface area contributed by atoms with E-state index in [0.29, 0.717) is 36.2 Å². The molecule has 1 heterocycles. The fraction of sp³-hybridized carbons (Fsp3) is 0.474. The van der Waals surface area contributed by atoms with Crippen molar-refractivity contribution < 1.29 is 27.1 Å². The van der Waals surface area contributed by atoms with E-state index >= 15 is 0 Å². The first-order valence-electron chi connectivity index (χ1n) is 9.30. The quantitative estimate of drug-likeness (QED) is 0.559. The number of nitrogens with two attached hydrogens (primary N) is 1. The SMILES string of the molecule is CCS(=O)(=O)CCNC(=O)CN1CCc2cc(OC/C(=C/F)CN)ccc2C1=O. The minimum Gasteiger partial charge on any atom is -0.489 e. The van der Waals surface area contributed by atoms with Crippen molar-refractivity contribution >= 4 is 21.7 Å². The molecule has 0 saturated heterocycles. The molecular weight excluding hydrogens is 401 g/mol. The number of hydrogen-bond donors (Lipinski definition) is 2. The van der Waals surface area contributed by atoms with Gasteiger partial charge in [0.1, 0.15) is 12.4 Å². The highest BCUT2D eigenvalue weighted by atomic mass is 32.2. The summed E-state index contributed by atoms with van der Waals surface area (Å²) < 4.78 is 41.0. The van der Waals surface area contributed by atoms with E-state index in [9.17, 15) is 22.4 Å². The maximum Gasteiger partial charge on any atom is 0.254 e. The number of carbonyl (C=O) groups is 2. The smallest absolute Gasteiger partial charge is 0.254 e. The van der Waals surface area contributed by atoms with Crippen molar-refractivity contribution in [1.82, 2.24) is 10.2 Å². The second kappa shape index (κ2) is 10.4. The number of carbonyl (C=O) groups excluding carboxylic acids is 2. The summed E-state index contributed by atoms with van der Waals surface area (Å²) in [6.45, 7) is 1.87. The normalized spacial score (nSPS) is 14.5. The van der Waals surface area contributed by atoms with Crippen LogP contribution in [0.25, 0.3) is 0 Å². The number of nitrogens with one attached hydrogen (secondary N) is 1. The molecule has 1 aromatic rings.